The smallest absolute Gasteiger partial charge is 0.389 e. The van der Waals surface area contributed by atoms with Crippen LogP contribution in [0.25, 0.3) is 0 Å². The van der Waals surface area contributed by atoms with Crippen molar-refractivity contribution in [3.63, 3.8) is 0 Å². The number of amides is 1. The van der Waals surface area contributed by atoms with Gasteiger partial charge in [-0.25, -0.2) is 13.2 Å². The Bertz CT molecular complexity index is 860. The van der Waals surface area contributed by atoms with E-state index in [-0.39, 0.29) is 22.0 Å². The highest BCUT2D eigenvalue weighted by molar-refractivity contribution is 7.96. The van der Waals surface area contributed by atoms with E-state index in [0.717, 1.165) is 6.21 Å². The third-order valence-electron chi connectivity index (χ3n) is 3.93. The first-order chi connectivity index (χ1) is 11.3. The van der Waals surface area contributed by atoms with Crippen molar-refractivity contribution >= 4 is 27.6 Å². The zero-order valence-electron chi connectivity index (χ0n) is 13.4. The summed E-state index contributed by atoms with van der Waals surface area (Å²) < 4.78 is 23.8. The Kier molecular flexibility index (Phi) is 4.04. The van der Waals surface area contributed by atoms with E-state index in [1.54, 1.807) is 18.2 Å². The van der Waals surface area contributed by atoms with Crippen LogP contribution in [0.2, 0.25) is 0 Å². The molecule has 1 amide bonds. The quantitative estimate of drug-likeness (QED) is 0.639. The number of para-hydroxylation sites is 1. The summed E-state index contributed by atoms with van der Waals surface area (Å²) in [5, 5.41) is 19.2. The Morgan fingerprint density at radius 1 is 1.29 bits per heavy atom. The number of nitrogens with zero attached hydrogens (tertiary/aromatic N) is 3. The number of quaternary nitrogens is 1. The van der Waals surface area contributed by atoms with Crippen LogP contribution in [0.1, 0.15) is 6.42 Å². The first kappa shape index (κ1) is 16.8. The average Bonchev–Trinajstić information content (AvgIpc) is 2.51. The van der Waals surface area contributed by atoms with Crippen LogP contribution < -0.4 is 5.32 Å². The molecule has 9 heteroatoms. The predicted octanol–water partition coefficient (Wildman–Crippen LogP) is 0.890. The van der Waals surface area contributed by atoms with Gasteiger partial charge in [0.1, 0.15) is 17.7 Å². The zero-order valence-corrected chi connectivity index (χ0v) is 14.2. The second-order valence-electron chi connectivity index (χ2n) is 6.00. The first-order valence-corrected chi connectivity index (χ1v) is 8.94. The summed E-state index contributed by atoms with van der Waals surface area (Å²) in [6.07, 6.45) is 1.46. The molecule has 2 aliphatic heterocycles. The Morgan fingerprint density at radius 2 is 2.00 bits per heavy atom. The van der Waals surface area contributed by atoms with Crippen LogP contribution in [0, 0.1) is 5.21 Å². The highest BCUT2D eigenvalue weighted by atomic mass is 32.2. The molecule has 0 aromatic heterocycles. The van der Waals surface area contributed by atoms with E-state index in [1.165, 1.54) is 6.07 Å². The molecule has 0 saturated heterocycles. The fourth-order valence-corrected chi connectivity index (χ4v) is 4.18. The molecule has 1 unspecified atom stereocenters. The average molecular weight is 350 g/mol. The molecule has 128 valence electrons. The molecule has 24 heavy (non-hydrogen) atoms. The maximum atomic E-state index is 12.7. The molecule has 0 aliphatic carbocycles. The highest BCUT2D eigenvalue weighted by Crippen LogP contribution is 2.36. The van der Waals surface area contributed by atoms with Crippen molar-refractivity contribution in [1.82, 2.24) is 4.90 Å². The first-order valence-electron chi connectivity index (χ1n) is 7.45. The van der Waals surface area contributed by atoms with Gasteiger partial charge in [0.2, 0.25) is 9.84 Å². The van der Waals surface area contributed by atoms with E-state index in [2.05, 4.69) is 10.4 Å². The van der Waals surface area contributed by atoms with E-state index in [9.17, 15) is 18.4 Å². The van der Waals surface area contributed by atoms with Crippen LogP contribution >= 0.6 is 0 Å². The Balaban J connectivity index is 1.95. The zero-order chi connectivity index (χ0) is 17.5. The predicted molar refractivity (Wildman–Crippen MR) is 89.4 cm³/mol. The lowest BCUT2D eigenvalue weighted by Crippen LogP contribution is -2.49. The van der Waals surface area contributed by atoms with Gasteiger partial charge in [0.05, 0.1) is 10.6 Å². The lowest BCUT2D eigenvalue weighted by molar-refractivity contribution is -0.809. The van der Waals surface area contributed by atoms with Crippen LogP contribution in [0.4, 0.5) is 5.69 Å². The number of hydroxylamine groups is 2. The van der Waals surface area contributed by atoms with Gasteiger partial charge in [-0.1, -0.05) is 17.2 Å². The molecule has 0 spiro atoms. The fourth-order valence-electron chi connectivity index (χ4n) is 2.68. The summed E-state index contributed by atoms with van der Waals surface area (Å²) in [6, 6.07) is 6.26. The van der Waals surface area contributed by atoms with E-state index in [1.807, 2.05) is 19.0 Å². The van der Waals surface area contributed by atoms with Gasteiger partial charge in [0.25, 0.3) is 0 Å². The molecule has 1 aromatic carbocycles. The minimum absolute atomic E-state index is 0.0479. The minimum atomic E-state index is -3.87. The van der Waals surface area contributed by atoms with Crippen molar-refractivity contribution in [1.29, 1.82) is 0 Å². The lowest BCUT2D eigenvalue weighted by Gasteiger charge is -2.37. The van der Waals surface area contributed by atoms with Gasteiger partial charge in [0.15, 0.2) is 5.70 Å². The summed E-state index contributed by atoms with van der Waals surface area (Å²) in [6.45, 7) is 0.583. The molecule has 0 fully saturated rings. The molecule has 2 aliphatic rings. The molecule has 0 radical (unpaired) electrons. The standard InChI is InChI=1S/C15H18N4O4S/c1-18(2)8-5-9-19(21)15(20)14-13(10-16-19)24(22,23)12-7-4-3-6-11(12)17-14/h3-4,6-7,10,17H,5,8-9H2,1-2H3. The minimum Gasteiger partial charge on any atom is -0.597 e. The molecule has 1 aromatic rings. The largest absolute Gasteiger partial charge is 0.597 e. The van der Waals surface area contributed by atoms with Crippen LogP contribution in [0.3, 0.4) is 0 Å². The monoisotopic (exact) mass is 350 g/mol. The van der Waals surface area contributed by atoms with Crippen molar-refractivity contribution in [2.45, 2.75) is 11.3 Å². The van der Waals surface area contributed by atoms with Gasteiger partial charge in [0, 0.05) is 13.0 Å². The van der Waals surface area contributed by atoms with Crippen LogP contribution in [0.15, 0.2) is 44.9 Å². The van der Waals surface area contributed by atoms with Gasteiger partial charge >= 0.3 is 5.91 Å². The molecule has 0 bridgehead atoms. The van der Waals surface area contributed by atoms with Crippen molar-refractivity contribution < 1.29 is 18.0 Å². The SMILES string of the molecule is CN(C)CCC[N+]1([O-])N=CC2=C(Nc3ccccc3S2(=O)=O)C1=O. The number of benzene rings is 1. The number of anilines is 1. The topological polar surface area (TPSA) is 102 Å². The summed E-state index contributed by atoms with van der Waals surface area (Å²) in [5.41, 5.74) is 0.0864. The molecule has 3 rings (SSSR count). The van der Waals surface area contributed by atoms with Gasteiger partial charge in [-0.05, 0) is 26.2 Å². The molecule has 2 heterocycles. The van der Waals surface area contributed by atoms with Crippen molar-refractivity contribution in [2.24, 2.45) is 5.10 Å². The lowest BCUT2D eigenvalue weighted by atomic mass is 10.2. The van der Waals surface area contributed by atoms with Gasteiger partial charge < -0.3 is 15.4 Å². The van der Waals surface area contributed by atoms with E-state index in [4.69, 9.17) is 0 Å². The third kappa shape index (κ3) is 2.65. The molecule has 0 saturated carbocycles. The number of hydrogen-bond donors (Lipinski definition) is 1. The van der Waals surface area contributed by atoms with Crippen molar-refractivity contribution in [3.05, 3.63) is 40.1 Å². The summed E-state index contributed by atoms with van der Waals surface area (Å²) in [4.78, 5) is 14.3. The molecule has 1 atom stereocenters. The normalized spacial score (nSPS) is 24.6. The van der Waals surface area contributed by atoms with Crippen molar-refractivity contribution in [3.8, 4) is 0 Å². The van der Waals surface area contributed by atoms with Crippen molar-refractivity contribution in [2.75, 3.05) is 32.5 Å². The number of carbonyl (C=O) groups is 1. The van der Waals surface area contributed by atoms with Gasteiger partial charge in [-0.3, -0.25) is 0 Å². The number of rotatable bonds is 4. The van der Waals surface area contributed by atoms with Crippen LogP contribution in [0.5, 0.6) is 0 Å². The maximum absolute atomic E-state index is 12.7. The molecule has 8 nitrogen and oxygen atoms in total. The second kappa shape index (κ2) is 5.78. The van der Waals surface area contributed by atoms with E-state index < -0.39 is 20.5 Å². The van der Waals surface area contributed by atoms with E-state index >= 15 is 0 Å². The van der Waals surface area contributed by atoms with Crippen LogP contribution in [-0.4, -0.2) is 57.4 Å². The Hall–Kier alpha value is -2.07. The number of carbonyl (C=O) groups excluding carboxylic acids is 1. The van der Waals surface area contributed by atoms with Crippen LogP contribution in [-0.2, 0) is 14.6 Å². The number of nitrogens with one attached hydrogen (secondary N) is 1. The van der Waals surface area contributed by atoms with Gasteiger partial charge in [-0.15, -0.1) is 0 Å². The number of allylic oxidation sites excluding steroid dienone is 1. The maximum Gasteiger partial charge on any atom is 0.389 e. The highest BCUT2D eigenvalue weighted by Gasteiger charge is 2.44. The summed E-state index contributed by atoms with van der Waals surface area (Å²) in [7, 11) is -0.141. The summed E-state index contributed by atoms with van der Waals surface area (Å²) in [5.74, 6) is -0.885. The number of sulfone groups is 1. The third-order valence-corrected chi connectivity index (χ3v) is 5.76. The summed E-state index contributed by atoms with van der Waals surface area (Å²) >= 11 is 0. The second-order valence-corrected chi connectivity index (χ2v) is 7.88. The molecule has 1 N–H and O–H groups in total. The number of hydrogen-bond acceptors (Lipinski definition) is 7. The fraction of sp³-hybridized carbons (Fsp3) is 0.333. The van der Waals surface area contributed by atoms with E-state index in [0.29, 0.717) is 18.7 Å². The Labute approximate surface area is 140 Å². The molecular weight excluding hydrogens is 332 g/mol. The number of fused-ring (bicyclic) bond motifs is 1. The molecular formula is C15H18N4O4S. The van der Waals surface area contributed by atoms with Gasteiger partial charge in [-0.2, -0.15) is 4.76 Å². The Morgan fingerprint density at radius 3 is 2.71 bits per heavy atom.